The minimum atomic E-state index is 0.102. The van der Waals surface area contributed by atoms with Gasteiger partial charge in [0.1, 0.15) is 5.00 Å². The molecule has 3 aromatic heterocycles. The SMILES string of the molecule is C=C/C(=C\NC)c1cnc2c(Nc3cc(CN(C)C4(COC)CCCCC4)ns3)nc(C)cn12. The molecule has 1 saturated carbocycles. The van der Waals surface area contributed by atoms with Gasteiger partial charge in [-0.2, -0.15) is 4.37 Å². The fourth-order valence-corrected chi connectivity index (χ4v) is 5.54. The summed E-state index contributed by atoms with van der Waals surface area (Å²) in [5, 5.41) is 7.48. The molecular formula is C25H35N7OS. The quantitative estimate of drug-likeness (QED) is 0.404. The molecule has 0 aromatic carbocycles. The minimum absolute atomic E-state index is 0.102. The molecule has 0 saturated heterocycles. The third-order valence-corrected chi connectivity index (χ3v) is 7.38. The number of imidazole rings is 1. The average molecular weight is 482 g/mol. The lowest BCUT2D eigenvalue weighted by molar-refractivity contribution is -0.00570. The van der Waals surface area contributed by atoms with Gasteiger partial charge in [-0.3, -0.25) is 9.30 Å². The number of hydrogen-bond donors (Lipinski definition) is 2. The fraction of sp³-hybridized carbons (Fsp3) is 0.480. The molecule has 8 nitrogen and oxygen atoms in total. The summed E-state index contributed by atoms with van der Waals surface area (Å²) in [6.45, 7) is 7.47. The van der Waals surface area contributed by atoms with Gasteiger partial charge in [-0.25, -0.2) is 9.97 Å². The van der Waals surface area contributed by atoms with Crippen LogP contribution < -0.4 is 10.6 Å². The van der Waals surface area contributed by atoms with E-state index in [-0.39, 0.29) is 5.54 Å². The number of anilines is 2. The fourth-order valence-electron chi connectivity index (χ4n) is 4.89. The Morgan fingerprint density at radius 3 is 2.85 bits per heavy atom. The third-order valence-electron chi connectivity index (χ3n) is 6.64. The smallest absolute Gasteiger partial charge is 0.180 e. The van der Waals surface area contributed by atoms with E-state index < -0.39 is 0 Å². The van der Waals surface area contributed by atoms with Crippen LogP contribution in [-0.2, 0) is 11.3 Å². The van der Waals surface area contributed by atoms with Crippen LogP contribution in [0, 0.1) is 6.92 Å². The second-order valence-corrected chi connectivity index (χ2v) is 9.85. The van der Waals surface area contributed by atoms with E-state index in [1.807, 2.05) is 43.0 Å². The van der Waals surface area contributed by atoms with Gasteiger partial charge in [0.2, 0.25) is 0 Å². The number of aryl methyl sites for hydroxylation is 1. The van der Waals surface area contributed by atoms with E-state index in [2.05, 4.69) is 40.2 Å². The zero-order chi connectivity index (χ0) is 24.1. The molecule has 0 spiro atoms. The molecular weight excluding hydrogens is 446 g/mol. The molecule has 9 heteroatoms. The number of hydrogen-bond acceptors (Lipinski definition) is 8. The number of likely N-dealkylation sites (N-methyl/N-ethyl adjacent to an activating group) is 1. The van der Waals surface area contributed by atoms with Gasteiger partial charge in [-0.15, -0.1) is 0 Å². The first-order valence-electron chi connectivity index (χ1n) is 11.8. The largest absolute Gasteiger partial charge is 0.393 e. The maximum Gasteiger partial charge on any atom is 0.180 e. The van der Waals surface area contributed by atoms with Gasteiger partial charge in [0.15, 0.2) is 11.5 Å². The topological polar surface area (TPSA) is 79.6 Å². The van der Waals surface area contributed by atoms with E-state index in [1.165, 1.54) is 43.6 Å². The molecule has 2 N–H and O–H groups in total. The van der Waals surface area contributed by atoms with Crippen molar-refractivity contribution in [2.24, 2.45) is 0 Å². The molecule has 0 amide bonds. The molecule has 1 aliphatic carbocycles. The molecule has 1 aliphatic rings. The monoisotopic (exact) mass is 481 g/mol. The normalized spacial score (nSPS) is 16.2. The standard InChI is InChI=1S/C25H35N7OS/c1-6-19(13-26-3)21-14-27-24-23(28-18(2)15-32(21)24)29-22-12-20(30-34-22)16-31(4)25(17-33-5)10-8-7-9-11-25/h6,12-15,26H,1,7-11,16-17H2,2-5H3,(H,28,29)/b19-13+. The first kappa shape index (κ1) is 24.4. The third kappa shape index (κ3) is 5.01. The van der Waals surface area contributed by atoms with Crippen molar-refractivity contribution in [3.05, 3.63) is 54.4 Å². The maximum absolute atomic E-state index is 5.62. The van der Waals surface area contributed by atoms with Crippen LogP contribution in [-0.4, -0.2) is 57.0 Å². The van der Waals surface area contributed by atoms with Crippen molar-refractivity contribution in [3.63, 3.8) is 0 Å². The number of nitrogens with zero attached hydrogens (tertiary/aromatic N) is 5. The van der Waals surface area contributed by atoms with E-state index in [4.69, 9.17) is 14.1 Å². The summed E-state index contributed by atoms with van der Waals surface area (Å²) >= 11 is 1.45. The Labute approximate surface area is 205 Å². The predicted molar refractivity (Wildman–Crippen MR) is 140 cm³/mol. The van der Waals surface area contributed by atoms with Gasteiger partial charge in [0.25, 0.3) is 0 Å². The highest BCUT2D eigenvalue weighted by Crippen LogP contribution is 2.35. The molecule has 0 radical (unpaired) electrons. The van der Waals surface area contributed by atoms with Crippen LogP contribution in [0.25, 0.3) is 11.2 Å². The van der Waals surface area contributed by atoms with Crippen molar-refractivity contribution in [3.8, 4) is 0 Å². The molecule has 3 heterocycles. The Morgan fingerprint density at radius 1 is 1.35 bits per heavy atom. The number of nitrogens with one attached hydrogen (secondary N) is 2. The lowest BCUT2D eigenvalue weighted by atomic mass is 9.81. The average Bonchev–Trinajstić information content (AvgIpc) is 3.45. The molecule has 0 unspecified atom stereocenters. The molecule has 182 valence electrons. The van der Waals surface area contributed by atoms with Crippen molar-refractivity contribution in [2.75, 3.05) is 33.1 Å². The van der Waals surface area contributed by atoms with Gasteiger partial charge in [-0.1, -0.05) is 31.9 Å². The Balaban J connectivity index is 1.55. The van der Waals surface area contributed by atoms with Crippen LogP contribution in [0.2, 0.25) is 0 Å². The zero-order valence-corrected chi connectivity index (χ0v) is 21.4. The molecule has 3 aromatic rings. The number of methoxy groups -OCH3 is 1. The molecule has 0 atom stereocenters. The van der Waals surface area contributed by atoms with Crippen LogP contribution in [0.5, 0.6) is 0 Å². The maximum atomic E-state index is 5.62. The van der Waals surface area contributed by atoms with E-state index in [1.54, 1.807) is 7.11 Å². The van der Waals surface area contributed by atoms with Gasteiger partial charge in [-0.05, 0) is 44.4 Å². The molecule has 0 bridgehead atoms. The predicted octanol–water partition coefficient (Wildman–Crippen LogP) is 4.77. The van der Waals surface area contributed by atoms with Crippen molar-refractivity contribution in [1.82, 2.24) is 29.0 Å². The van der Waals surface area contributed by atoms with Crippen molar-refractivity contribution in [1.29, 1.82) is 0 Å². The number of aromatic nitrogens is 4. The summed E-state index contributed by atoms with van der Waals surface area (Å²) in [4.78, 5) is 11.8. The Bertz CT molecular complexity index is 1150. The number of ether oxygens (including phenoxy) is 1. The summed E-state index contributed by atoms with van der Waals surface area (Å²) in [5.41, 5.74) is 4.72. The molecule has 4 rings (SSSR count). The highest BCUT2D eigenvalue weighted by Gasteiger charge is 2.36. The molecule has 34 heavy (non-hydrogen) atoms. The van der Waals surface area contributed by atoms with Gasteiger partial charge < -0.3 is 15.4 Å². The van der Waals surface area contributed by atoms with Gasteiger partial charge >= 0.3 is 0 Å². The van der Waals surface area contributed by atoms with Gasteiger partial charge in [0, 0.05) is 44.2 Å². The van der Waals surface area contributed by atoms with Crippen molar-refractivity contribution < 1.29 is 4.74 Å². The Kier molecular flexibility index (Phi) is 7.65. The molecule has 0 aliphatic heterocycles. The summed E-state index contributed by atoms with van der Waals surface area (Å²) in [5.74, 6) is 0.714. The summed E-state index contributed by atoms with van der Waals surface area (Å²) in [6.07, 6.45) is 13.7. The minimum Gasteiger partial charge on any atom is -0.393 e. The Morgan fingerprint density at radius 2 is 2.15 bits per heavy atom. The van der Waals surface area contributed by atoms with Crippen LogP contribution in [0.1, 0.15) is 49.2 Å². The lowest BCUT2D eigenvalue weighted by Crippen LogP contribution is -2.50. The number of rotatable bonds is 10. The van der Waals surface area contributed by atoms with E-state index in [0.717, 1.165) is 46.5 Å². The summed E-state index contributed by atoms with van der Waals surface area (Å²) in [6, 6.07) is 2.12. The highest BCUT2D eigenvalue weighted by atomic mass is 32.1. The van der Waals surface area contributed by atoms with Crippen LogP contribution in [0.3, 0.4) is 0 Å². The first-order valence-corrected chi connectivity index (χ1v) is 12.5. The van der Waals surface area contributed by atoms with Crippen LogP contribution in [0.15, 0.2) is 37.3 Å². The van der Waals surface area contributed by atoms with E-state index in [0.29, 0.717) is 5.82 Å². The van der Waals surface area contributed by atoms with E-state index >= 15 is 0 Å². The number of fused-ring (bicyclic) bond motifs is 1. The second-order valence-electron chi connectivity index (χ2n) is 9.04. The first-order chi connectivity index (χ1) is 16.5. The summed E-state index contributed by atoms with van der Waals surface area (Å²) in [7, 11) is 5.87. The Hall–Kier alpha value is -2.75. The van der Waals surface area contributed by atoms with Crippen molar-refractivity contribution in [2.45, 2.75) is 51.1 Å². The summed E-state index contributed by atoms with van der Waals surface area (Å²) < 4.78 is 12.4. The van der Waals surface area contributed by atoms with E-state index in [9.17, 15) is 0 Å². The highest BCUT2D eigenvalue weighted by molar-refractivity contribution is 7.10. The van der Waals surface area contributed by atoms with Crippen molar-refractivity contribution >= 4 is 33.6 Å². The second kappa shape index (κ2) is 10.7. The zero-order valence-electron chi connectivity index (χ0n) is 20.6. The lowest BCUT2D eigenvalue weighted by Gasteiger charge is -2.44. The van der Waals surface area contributed by atoms with Crippen LogP contribution in [0.4, 0.5) is 10.8 Å². The number of allylic oxidation sites excluding steroid dienone is 2. The van der Waals surface area contributed by atoms with Gasteiger partial charge in [0.05, 0.1) is 29.9 Å². The molecule has 1 fully saturated rings. The van der Waals surface area contributed by atoms with Crippen LogP contribution >= 0.6 is 11.5 Å².